The van der Waals surface area contributed by atoms with Crippen LogP contribution in [0.25, 0.3) is 11.1 Å². The summed E-state index contributed by atoms with van der Waals surface area (Å²) in [6, 6.07) is 7.45. The van der Waals surface area contributed by atoms with Crippen molar-refractivity contribution in [1.29, 1.82) is 5.26 Å². The van der Waals surface area contributed by atoms with Gasteiger partial charge in [0.05, 0.1) is 12.2 Å². The zero-order valence-corrected chi connectivity index (χ0v) is 15.2. The number of nitriles is 1. The third-order valence-corrected chi connectivity index (χ3v) is 4.43. The minimum atomic E-state index is -1.04. The summed E-state index contributed by atoms with van der Waals surface area (Å²) in [5.41, 5.74) is 3.29. The molecule has 0 radical (unpaired) electrons. The van der Waals surface area contributed by atoms with Gasteiger partial charge in [0.1, 0.15) is 24.2 Å². The van der Waals surface area contributed by atoms with E-state index in [9.17, 15) is 10.1 Å². The van der Waals surface area contributed by atoms with Gasteiger partial charge in [-0.1, -0.05) is 6.92 Å². The standard InChI is InChI=1S/C20H21N3O4/c1-12(5-13(2)23-20(24)25)10-26-18-7-19-17(6-14(18)8-21)16-3-4-22-9-15(16)11-27-19/h3-4,6-7,9,12-13,23H,5,10-11H2,1-2H3,(H,24,25). The lowest BCUT2D eigenvalue weighted by Gasteiger charge is -2.22. The molecule has 1 amide bonds. The molecule has 0 saturated carbocycles. The lowest BCUT2D eigenvalue weighted by Crippen LogP contribution is -2.33. The van der Waals surface area contributed by atoms with E-state index in [1.807, 2.05) is 19.9 Å². The van der Waals surface area contributed by atoms with E-state index in [0.29, 0.717) is 36.7 Å². The fourth-order valence-corrected chi connectivity index (χ4v) is 3.23. The quantitative estimate of drug-likeness (QED) is 0.809. The Bertz CT molecular complexity index is 891. The van der Waals surface area contributed by atoms with Crippen LogP contribution in [0.2, 0.25) is 0 Å². The van der Waals surface area contributed by atoms with Crippen molar-refractivity contribution in [3.8, 4) is 28.7 Å². The van der Waals surface area contributed by atoms with Crippen LogP contribution in [0.5, 0.6) is 11.5 Å². The number of rotatable bonds is 6. The first kappa shape index (κ1) is 18.5. The smallest absolute Gasteiger partial charge is 0.404 e. The number of hydrogen-bond acceptors (Lipinski definition) is 5. The number of benzene rings is 1. The summed E-state index contributed by atoms with van der Waals surface area (Å²) in [6.07, 6.45) is 3.08. The summed E-state index contributed by atoms with van der Waals surface area (Å²) >= 11 is 0. The van der Waals surface area contributed by atoms with Gasteiger partial charge in [-0.3, -0.25) is 4.98 Å². The van der Waals surface area contributed by atoms with Crippen molar-refractivity contribution in [3.63, 3.8) is 0 Å². The van der Waals surface area contributed by atoms with E-state index in [2.05, 4.69) is 16.4 Å². The summed E-state index contributed by atoms with van der Waals surface area (Å²) in [5, 5.41) is 20.7. The first-order valence-electron chi connectivity index (χ1n) is 8.74. The van der Waals surface area contributed by atoms with E-state index < -0.39 is 6.09 Å². The van der Waals surface area contributed by atoms with E-state index in [1.165, 1.54) is 0 Å². The summed E-state index contributed by atoms with van der Waals surface area (Å²) in [4.78, 5) is 14.8. The van der Waals surface area contributed by atoms with Crippen LogP contribution in [-0.2, 0) is 6.61 Å². The maximum absolute atomic E-state index is 10.7. The predicted octanol–water partition coefficient (Wildman–Crippen LogP) is 3.57. The van der Waals surface area contributed by atoms with E-state index in [0.717, 1.165) is 16.7 Å². The number of hydrogen-bond donors (Lipinski definition) is 2. The number of aromatic nitrogens is 1. The molecule has 2 atom stereocenters. The van der Waals surface area contributed by atoms with Crippen LogP contribution in [0.15, 0.2) is 30.6 Å². The van der Waals surface area contributed by atoms with E-state index >= 15 is 0 Å². The third kappa shape index (κ3) is 4.29. The van der Waals surface area contributed by atoms with Crippen LogP contribution in [0.1, 0.15) is 31.4 Å². The second-order valence-electron chi connectivity index (χ2n) is 6.78. The molecule has 0 bridgehead atoms. The van der Waals surface area contributed by atoms with Crippen molar-refractivity contribution < 1.29 is 19.4 Å². The number of nitrogens with zero attached hydrogens (tertiary/aromatic N) is 2. The van der Waals surface area contributed by atoms with Gasteiger partial charge in [-0.15, -0.1) is 0 Å². The average Bonchev–Trinajstić information content (AvgIpc) is 2.64. The summed E-state index contributed by atoms with van der Waals surface area (Å²) < 4.78 is 11.7. The molecule has 1 aliphatic rings. The van der Waals surface area contributed by atoms with Crippen LogP contribution < -0.4 is 14.8 Å². The molecule has 7 nitrogen and oxygen atoms in total. The number of carboxylic acid groups (broad SMARTS) is 1. The Balaban J connectivity index is 1.74. The molecule has 0 spiro atoms. The summed E-state index contributed by atoms with van der Waals surface area (Å²) in [7, 11) is 0. The van der Waals surface area contributed by atoms with Gasteiger partial charge in [-0.25, -0.2) is 4.79 Å². The number of pyridine rings is 1. The van der Waals surface area contributed by atoms with Gasteiger partial charge in [0.2, 0.25) is 0 Å². The number of nitrogens with one attached hydrogen (secondary N) is 1. The normalized spacial score (nSPS) is 14.0. The number of ether oxygens (including phenoxy) is 2. The Hall–Kier alpha value is -3.27. The highest BCUT2D eigenvalue weighted by molar-refractivity contribution is 5.77. The Labute approximate surface area is 157 Å². The molecular weight excluding hydrogens is 346 g/mol. The minimum absolute atomic E-state index is 0.113. The number of carbonyl (C=O) groups is 1. The van der Waals surface area contributed by atoms with Crippen LogP contribution in [0.3, 0.4) is 0 Å². The van der Waals surface area contributed by atoms with Gasteiger partial charge in [-0.2, -0.15) is 5.26 Å². The monoisotopic (exact) mass is 367 g/mol. The molecule has 0 saturated heterocycles. The molecule has 0 aliphatic carbocycles. The van der Waals surface area contributed by atoms with Gasteiger partial charge in [0.25, 0.3) is 0 Å². The zero-order chi connectivity index (χ0) is 19.4. The van der Waals surface area contributed by atoms with Crippen molar-refractivity contribution >= 4 is 6.09 Å². The third-order valence-electron chi connectivity index (χ3n) is 4.43. The minimum Gasteiger partial charge on any atom is -0.492 e. The average molecular weight is 367 g/mol. The zero-order valence-electron chi connectivity index (χ0n) is 15.2. The lowest BCUT2D eigenvalue weighted by atomic mass is 9.97. The van der Waals surface area contributed by atoms with Gasteiger partial charge in [0, 0.05) is 35.6 Å². The Morgan fingerprint density at radius 1 is 1.44 bits per heavy atom. The molecule has 2 heterocycles. The lowest BCUT2D eigenvalue weighted by molar-refractivity contribution is 0.185. The molecule has 1 aliphatic heterocycles. The van der Waals surface area contributed by atoms with E-state index in [4.69, 9.17) is 14.6 Å². The van der Waals surface area contributed by atoms with Crippen molar-refractivity contribution in [2.75, 3.05) is 6.61 Å². The molecule has 1 aromatic heterocycles. The predicted molar refractivity (Wildman–Crippen MR) is 98.6 cm³/mol. The number of amides is 1. The Morgan fingerprint density at radius 2 is 2.26 bits per heavy atom. The topological polar surface area (TPSA) is 104 Å². The molecule has 2 aromatic rings. The highest BCUT2D eigenvalue weighted by Crippen LogP contribution is 2.41. The highest BCUT2D eigenvalue weighted by atomic mass is 16.5. The molecule has 1 aromatic carbocycles. The maximum Gasteiger partial charge on any atom is 0.404 e. The Kier molecular flexibility index (Phi) is 5.46. The first-order valence-corrected chi connectivity index (χ1v) is 8.74. The molecule has 2 N–H and O–H groups in total. The van der Waals surface area contributed by atoms with Crippen molar-refractivity contribution in [3.05, 3.63) is 41.7 Å². The Morgan fingerprint density at radius 3 is 3.00 bits per heavy atom. The SMILES string of the molecule is CC(COc1cc2c(cc1C#N)-c1ccncc1CO2)CC(C)NC(=O)O. The van der Waals surface area contributed by atoms with Gasteiger partial charge in [-0.05, 0) is 37.0 Å². The largest absolute Gasteiger partial charge is 0.492 e. The van der Waals surface area contributed by atoms with Crippen molar-refractivity contribution in [2.24, 2.45) is 5.92 Å². The van der Waals surface area contributed by atoms with Gasteiger partial charge < -0.3 is 19.9 Å². The van der Waals surface area contributed by atoms with E-state index in [1.54, 1.807) is 24.5 Å². The summed E-state index contributed by atoms with van der Waals surface area (Å²) in [5.74, 6) is 1.26. The van der Waals surface area contributed by atoms with Crippen LogP contribution in [0.4, 0.5) is 4.79 Å². The molecule has 27 heavy (non-hydrogen) atoms. The molecule has 140 valence electrons. The van der Waals surface area contributed by atoms with Gasteiger partial charge >= 0.3 is 6.09 Å². The van der Waals surface area contributed by atoms with Crippen molar-refractivity contribution in [1.82, 2.24) is 10.3 Å². The number of fused-ring (bicyclic) bond motifs is 3. The second-order valence-corrected chi connectivity index (χ2v) is 6.78. The van der Waals surface area contributed by atoms with Crippen LogP contribution >= 0.6 is 0 Å². The van der Waals surface area contributed by atoms with Crippen LogP contribution in [-0.4, -0.2) is 28.8 Å². The van der Waals surface area contributed by atoms with E-state index in [-0.39, 0.29) is 12.0 Å². The molecule has 2 unspecified atom stereocenters. The fraction of sp³-hybridized carbons (Fsp3) is 0.350. The molecule has 7 heteroatoms. The van der Waals surface area contributed by atoms with Crippen LogP contribution in [0, 0.1) is 17.2 Å². The second kappa shape index (κ2) is 7.96. The molecule has 3 rings (SSSR count). The highest BCUT2D eigenvalue weighted by Gasteiger charge is 2.21. The maximum atomic E-state index is 10.7. The molecule has 0 fully saturated rings. The summed E-state index contributed by atoms with van der Waals surface area (Å²) in [6.45, 7) is 4.59. The molecular formula is C20H21N3O4. The van der Waals surface area contributed by atoms with Crippen molar-refractivity contribution in [2.45, 2.75) is 32.9 Å². The first-order chi connectivity index (χ1) is 13.0. The fourth-order valence-electron chi connectivity index (χ4n) is 3.23. The van der Waals surface area contributed by atoms with Gasteiger partial charge in [0.15, 0.2) is 0 Å².